The van der Waals surface area contributed by atoms with Crippen molar-refractivity contribution >= 4 is 27.0 Å². The Hall–Kier alpha value is -1.65. The maximum absolute atomic E-state index is 5.99. The van der Waals surface area contributed by atoms with Crippen molar-refractivity contribution in [1.29, 1.82) is 0 Å². The zero-order valence-electron chi connectivity index (χ0n) is 11.3. The first kappa shape index (κ1) is 13.3. The topological polar surface area (TPSA) is 43.8 Å². The fraction of sp³-hybridized carbons (Fsp3) is 0.188. The molecule has 3 rings (SSSR count). The van der Waals surface area contributed by atoms with E-state index in [4.69, 9.17) is 10.7 Å². The van der Waals surface area contributed by atoms with Crippen LogP contribution < -0.4 is 5.73 Å². The molecule has 0 aliphatic rings. The summed E-state index contributed by atoms with van der Waals surface area (Å²) in [5.74, 6) is 1.12. The number of imidazole rings is 1. The van der Waals surface area contributed by atoms with E-state index in [-0.39, 0.29) is 5.92 Å². The smallest absolute Gasteiger partial charge is 0.118 e. The van der Waals surface area contributed by atoms with E-state index >= 15 is 0 Å². The van der Waals surface area contributed by atoms with E-state index in [1.807, 2.05) is 37.4 Å². The number of aromatic nitrogens is 2. The molecule has 1 aromatic heterocycles. The lowest BCUT2D eigenvalue weighted by Crippen LogP contribution is -2.17. The van der Waals surface area contributed by atoms with Gasteiger partial charge in [0, 0.05) is 18.1 Å². The van der Waals surface area contributed by atoms with Crippen LogP contribution in [0, 0.1) is 0 Å². The number of aryl methyl sites for hydroxylation is 1. The van der Waals surface area contributed by atoms with E-state index in [9.17, 15) is 0 Å². The molecule has 0 spiro atoms. The van der Waals surface area contributed by atoms with Gasteiger partial charge in [0.15, 0.2) is 0 Å². The van der Waals surface area contributed by atoms with Crippen LogP contribution in [-0.2, 0) is 7.05 Å². The van der Waals surface area contributed by atoms with Gasteiger partial charge < -0.3 is 10.3 Å². The van der Waals surface area contributed by atoms with Crippen LogP contribution in [0.2, 0.25) is 0 Å². The Bertz CT molecular complexity index is 734. The van der Waals surface area contributed by atoms with Gasteiger partial charge in [-0.25, -0.2) is 4.98 Å². The molecular weight excluding hydrogens is 314 g/mol. The molecule has 2 N–H and O–H groups in total. The minimum absolute atomic E-state index is 0.118. The summed E-state index contributed by atoms with van der Waals surface area (Å²) >= 11 is 3.49. The Balaban J connectivity index is 2.15. The quantitative estimate of drug-likeness (QED) is 0.800. The minimum atomic E-state index is 0.118. The predicted molar refractivity (Wildman–Crippen MR) is 85.8 cm³/mol. The highest BCUT2D eigenvalue weighted by atomic mass is 79.9. The Morgan fingerprint density at radius 2 is 1.95 bits per heavy atom. The Morgan fingerprint density at radius 3 is 2.65 bits per heavy atom. The summed E-state index contributed by atoms with van der Waals surface area (Å²) in [6.45, 7) is 0.544. The third-order valence-corrected chi connectivity index (χ3v) is 4.12. The summed E-state index contributed by atoms with van der Waals surface area (Å²) in [4.78, 5) is 4.77. The third-order valence-electron chi connectivity index (χ3n) is 3.63. The SMILES string of the molecule is Cn1c(C(CN)c2ccccc2)nc2cc(Br)ccc21. The molecule has 0 bridgehead atoms. The summed E-state index contributed by atoms with van der Waals surface area (Å²) in [6, 6.07) is 16.5. The maximum atomic E-state index is 5.99. The molecule has 0 fully saturated rings. The van der Waals surface area contributed by atoms with Crippen molar-refractivity contribution in [2.75, 3.05) is 6.54 Å². The third kappa shape index (κ3) is 2.25. The van der Waals surface area contributed by atoms with Gasteiger partial charge >= 0.3 is 0 Å². The molecule has 2 aromatic carbocycles. The molecular formula is C16H16BrN3. The second-order valence-electron chi connectivity index (χ2n) is 4.86. The van der Waals surface area contributed by atoms with Gasteiger partial charge in [-0.2, -0.15) is 0 Å². The molecule has 1 unspecified atom stereocenters. The Labute approximate surface area is 126 Å². The molecule has 0 aliphatic heterocycles. The average Bonchev–Trinajstić information content (AvgIpc) is 2.78. The molecule has 0 saturated heterocycles. The number of hydrogen-bond donors (Lipinski definition) is 1. The summed E-state index contributed by atoms with van der Waals surface area (Å²) in [5.41, 5.74) is 9.31. The van der Waals surface area contributed by atoms with Crippen molar-refractivity contribution in [3.63, 3.8) is 0 Å². The van der Waals surface area contributed by atoms with Gasteiger partial charge in [0.05, 0.1) is 17.0 Å². The summed E-state index contributed by atoms with van der Waals surface area (Å²) in [6.07, 6.45) is 0. The highest BCUT2D eigenvalue weighted by Gasteiger charge is 2.19. The van der Waals surface area contributed by atoms with E-state index in [2.05, 4.69) is 38.7 Å². The van der Waals surface area contributed by atoms with Crippen LogP contribution >= 0.6 is 15.9 Å². The molecule has 4 heteroatoms. The molecule has 0 amide bonds. The van der Waals surface area contributed by atoms with Crippen LogP contribution in [0.15, 0.2) is 53.0 Å². The molecule has 102 valence electrons. The molecule has 20 heavy (non-hydrogen) atoms. The van der Waals surface area contributed by atoms with Gasteiger partial charge in [0.1, 0.15) is 5.82 Å². The van der Waals surface area contributed by atoms with Gasteiger partial charge in [0.25, 0.3) is 0 Å². The number of fused-ring (bicyclic) bond motifs is 1. The lowest BCUT2D eigenvalue weighted by Gasteiger charge is -2.15. The van der Waals surface area contributed by atoms with E-state index < -0.39 is 0 Å². The summed E-state index contributed by atoms with van der Waals surface area (Å²) < 4.78 is 3.17. The monoisotopic (exact) mass is 329 g/mol. The number of hydrogen-bond acceptors (Lipinski definition) is 2. The highest BCUT2D eigenvalue weighted by molar-refractivity contribution is 9.10. The molecule has 1 heterocycles. The fourth-order valence-corrected chi connectivity index (χ4v) is 2.93. The molecule has 3 nitrogen and oxygen atoms in total. The van der Waals surface area contributed by atoms with Crippen LogP contribution in [0.25, 0.3) is 11.0 Å². The number of halogens is 1. The van der Waals surface area contributed by atoms with Crippen LogP contribution in [0.5, 0.6) is 0 Å². The highest BCUT2D eigenvalue weighted by Crippen LogP contribution is 2.27. The zero-order valence-corrected chi connectivity index (χ0v) is 12.8. The lowest BCUT2D eigenvalue weighted by atomic mass is 9.98. The predicted octanol–water partition coefficient (Wildman–Crippen LogP) is 3.43. The van der Waals surface area contributed by atoms with Crippen molar-refractivity contribution in [2.24, 2.45) is 12.8 Å². The van der Waals surface area contributed by atoms with E-state index in [0.717, 1.165) is 21.3 Å². The van der Waals surface area contributed by atoms with Gasteiger partial charge in [0.2, 0.25) is 0 Å². The van der Waals surface area contributed by atoms with E-state index in [1.165, 1.54) is 5.56 Å². The normalized spacial score (nSPS) is 12.8. The molecule has 3 aromatic rings. The van der Waals surface area contributed by atoms with Gasteiger partial charge in [-0.05, 0) is 23.8 Å². The van der Waals surface area contributed by atoms with Crippen molar-refractivity contribution in [3.05, 3.63) is 64.4 Å². The Morgan fingerprint density at radius 1 is 1.20 bits per heavy atom. The standard InChI is InChI=1S/C16H16BrN3/c1-20-15-8-7-12(17)9-14(15)19-16(20)13(10-18)11-5-3-2-4-6-11/h2-9,13H,10,18H2,1H3. The van der Waals surface area contributed by atoms with Crippen molar-refractivity contribution in [2.45, 2.75) is 5.92 Å². The maximum Gasteiger partial charge on any atom is 0.118 e. The molecule has 0 aliphatic carbocycles. The first-order chi connectivity index (χ1) is 9.70. The number of nitrogens with zero attached hydrogens (tertiary/aromatic N) is 2. The number of benzene rings is 2. The molecule has 0 saturated carbocycles. The molecule has 0 radical (unpaired) electrons. The van der Waals surface area contributed by atoms with Crippen molar-refractivity contribution < 1.29 is 0 Å². The number of nitrogens with two attached hydrogens (primary N) is 1. The second-order valence-corrected chi connectivity index (χ2v) is 5.78. The van der Waals surface area contributed by atoms with Crippen LogP contribution in [-0.4, -0.2) is 16.1 Å². The van der Waals surface area contributed by atoms with Crippen LogP contribution in [0.3, 0.4) is 0 Å². The van der Waals surface area contributed by atoms with E-state index in [0.29, 0.717) is 6.54 Å². The fourth-order valence-electron chi connectivity index (χ4n) is 2.58. The average molecular weight is 330 g/mol. The first-order valence-corrected chi connectivity index (χ1v) is 7.37. The molecule has 1 atom stereocenters. The minimum Gasteiger partial charge on any atom is -0.331 e. The largest absolute Gasteiger partial charge is 0.331 e. The summed E-state index contributed by atoms with van der Waals surface area (Å²) in [7, 11) is 2.05. The zero-order chi connectivity index (χ0) is 14.1. The van der Waals surface area contributed by atoms with Crippen molar-refractivity contribution in [3.8, 4) is 0 Å². The first-order valence-electron chi connectivity index (χ1n) is 6.57. The van der Waals surface area contributed by atoms with Crippen molar-refractivity contribution in [1.82, 2.24) is 9.55 Å². The Kier molecular flexibility index (Phi) is 3.59. The van der Waals surface area contributed by atoms with E-state index in [1.54, 1.807) is 0 Å². The second kappa shape index (κ2) is 5.38. The van der Waals surface area contributed by atoms with Gasteiger partial charge in [-0.15, -0.1) is 0 Å². The van der Waals surface area contributed by atoms with Crippen LogP contribution in [0.4, 0.5) is 0 Å². The van der Waals surface area contributed by atoms with Crippen LogP contribution in [0.1, 0.15) is 17.3 Å². The summed E-state index contributed by atoms with van der Waals surface area (Å²) in [5, 5.41) is 0. The van der Waals surface area contributed by atoms with Gasteiger partial charge in [-0.3, -0.25) is 0 Å². The van der Waals surface area contributed by atoms with Gasteiger partial charge in [-0.1, -0.05) is 46.3 Å². The number of rotatable bonds is 3. The lowest BCUT2D eigenvalue weighted by molar-refractivity contribution is 0.708.